The number of anilines is 4. The second kappa shape index (κ2) is 9.87. The van der Waals surface area contributed by atoms with Crippen molar-refractivity contribution in [3.05, 3.63) is 109 Å². The Balaban J connectivity index is 1.58. The van der Waals surface area contributed by atoms with Gasteiger partial charge in [-0.3, -0.25) is 9.97 Å². The highest BCUT2D eigenvalue weighted by Gasteiger charge is 2.52. The van der Waals surface area contributed by atoms with E-state index in [1.807, 2.05) is 24.5 Å². The van der Waals surface area contributed by atoms with E-state index in [-0.39, 0.29) is 11.6 Å². The van der Waals surface area contributed by atoms with Crippen LogP contribution in [0.4, 0.5) is 23.0 Å². The number of hydrogen-bond donors (Lipinski definition) is 0. The number of hydrogen-bond acceptors (Lipinski definition) is 6. The van der Waals surface area contributed by atoms with Crippen molar-refractivity contribution < 1.29 is 0 Å². The summed E-state index contributed by atoms with van der Waals surface area (Å²) >= 11 is 0. The van der Waals surface area contributed by atoms with Crippen molar-refractivity contribution in [1.29, 1.82) is 0 Å². The molecule has 5 heterocycles. The van der Waals surface area contributed by atoms with E-state index in [0.717, 1.165) is 65.5 Å². The fourth-order valence-corrected chi connectivity index (χ4v) is 6.58. The first-order valence-corrected chi connectivity index (χ1v) is 14.2. The smallest absolute Gasteiger partial charge is 0.179 e. The Labute approximate surface area is 235 Å². The molecule has 0 bridgehead atoms. The van der Waals surface area contributed by atoms with Gasteiger partial charge in [0.1, 0.15) is 17.6 Å². The highest BCUT2D eigenvalue weighted by Crippen LogP contribution is 2.57. The van der Waals surface area contributed by atoms with Crippen molar-refractivity contribution in [2.45, 2.75) is 45.7 Å². The van der Waals surface area contributed by atoms with Gasteiger partial charge in [0.15, 0.2) is 11.6 Å². The van der Waals surface area contributed by atoms with Crippen LogP contribution in [-0.4, -0.2) is 26.1 Å². The number of aromatic nitrogens is 4. The second-order valence-corrected chi connectivity index (χ2v) is 10.7. The molecular weight excluding hydrogens is 492 g/mol. The normalized spacial score (nSPS) is 17.1. The van der Waals surface area contributed by atoms with Gasteiger partial charge >= 0.3 is 0 Å². The predicted octanol–water partition coefficient (Wildman–Crippen LogP) is 7.97. The fourth-order valence-electron chi connectivity index (χ4n) is 6.58. The summed E-state index contributed by atoms with van der Waals surface area (Å²) in [6.45, 7) is 4.68. The van der Waals surface area contributed by atoms with Gasteiger partial charge < -0.3 is 9.80 Å². The molecule has 5 aromatic rings. The maximum atomic E-state index is 5.49. The van der Waals surface area contributed by atoms with Crippen LogP contribution in [0.1, 0.15) is 38.7 Å². The quantitative estimate of drug-likeness (QED) is 0.232. The van der Waals surface area contributed by atoms with Crippen molar-refractivity contribution >= 4 is 23.0 Å². The first-order valence-electron chi connectivity index (χ1n) is 14.2. The molecule has 6 nitrogen and oxygen atoms in total. The van der Waals surface area contributed by atoms with Crippen molar-refractivity contribution in [2.24, 2.45) is 5.41 Å². The van der Waals surface area contributed by atoms with E-state index in [1.165, 1.54) is 11.3 Å². The minimum absolute atomic E-state index is 0.0279. The van der Waals surface area contributed by atoms with Crippen LogP contribution >= 0.6 is 0 Å². The summed E-state index contributed by atoms with van der Waals surface area (Å²) in [5.41, 5.74) is 7.23. The third kappa shape index (κ3) is 3.78. The van der Waals surface area contributed by atoms with E-state index < -0.39 is 0 Å². The molecule has 2 aliphatic heterocycles. The summed E-state index contributed by atoms with van der Waals surface area (Å²) in [7, 11) is 0. The lowest BCUT2D eigenvalue weighted by atomic mass is 9.74. The molecule has 0 aliphatic carbocycles. The molecule has 0 radical (unpaired) electrons. The minimum Gasteiger partial charge on any atom is -0.301 e. The van der Waals surface area contributed by atoms with E-state index in [4.69, 9.17) is 9.97 Å². The average Bonchev–Trinajstić information content (AvgIpc) is 3.29. The zero-order valence-electron chi connectivity index (χ0n) is 22.9. The summed E-state index contributed by atoms with van der Waals surface area (Å²) in [4.78, 5) is 24.7. The molecule has 198 valence electrons. The van der Waals surface area contributed by atoms with Crippen molar-refractivity contribution in [3.63, 3.8) is 0 Å². The number of para-hydroxylation sites is 2. The van der Waals surface area contributed by atoms with Gasteiger partial charge in [-0.05, 0) is 73.7 Å². The van der Waals surface area contributed by atoms with Gasteiger partial charge in [-0.25, -0.2) is 9.97 Å². The van der Waals surface area contributed by atoms with Crippen LogP contribution < -0.4 is 9.80 Å². The largest absolute Gasteiger partial charge is 0.301 e. The van der Waals surface area contributed by atoms with Crippen LogP contribution in [-0.2, 0) is 6.42 Å². The zero-order valence-corrected chi connectivity index (χ0v) is 22.9. The summed E-state index contributed by atoms with van der Waals surface area (Å²) in [6, 6.07) is 27.5. The molecule has 1 atom stereocenters. The lowest BCUT2D eigenvalue weighted by molar-refractivity contribution is 0.195. The number of benzene rings is 2. The standard InChI is InChI=1S/C34H32N6/c1-3-34(4-2)19-18-24-12-8-9-17-28(24)40-32-31(39(33(34)40)27-15-6-5-7-16-27)37-29(25-13-10-20-35-22-25)30(38-32)26-14-11-21-36-23-26/h5-17,20-23,33H,3-4,18-19H2,1-2H3. The van der Waals surface area contributed by atoms with Gasteiger partial charge in [0.25, 0.3) is 0 Å². The maximum absolute atomic E-state index is 5.49. The number of aryl methyl sites for hydroxylation is 1. The highest BCUT2D eigenvalue weighted by atomic mass is 15.5. The van der Waals surface area contributed by atoms with Gasteiger partial charge in [0.2, 0.25) is 0 Å². The Bertz CT molecular complexity index is 1630. The molecule has 0 saturated heterocycles. The summed E-state index contributed by atoms with van der Waals surface area (Å²) in [5, 5.41) is 0. The van der Waals surface area contributed by atoms with Gasteiger partial charge in [0, 0.05) is 52.7 Å². The van der Waals surface area contributed by atoms with Gasteiger partial charge in [-0.1, -0.05) is 50.2 Å². The number of nitrogens with zero attached hydrogens (tertiary/aromatic N) is 6. The van der Waals surface area contributed by atoms with Gasteiger partial charge in [0.05, 0.1) is 0 Å². The third-order valence-electron chi connectivity index (χ3n) is 8.81. The number of fused-ring (bicyclic) bond motifs is 5. The average molecular weight is 525 g/mol. The van der Waals surface area contributed by atoms with Crippen LogP contribution in [0.2, 0.25) is 0 Å². The molecule has 0 spiro atoms. The predicted molar refractivity (Wildman–Crippen MR) is 161 cm³/mol. The topological polar surface area (TPSA) is 58.0 Å². The Morgan fingerprint density at radius 3 is 1.90 bits per heavy atom. The summed E-state index contributed by atoms with van der Waals surface area (Å²) in [5.74, 6) is 1.77. The molecule has 2 aromatic carbocycles. The van der Waals surface area contributed by atoms with Crippen molar-refractivity contribution in [1.82, 2.24) is 19.9 Å². The lowest BCUT2D eigenvalue weighted by Crippen LogP contribution is -2.51. The van der Waals surface area contributed by atoms with Crippen LogP contribution in [0.3, 0.4) is 0 Å². The van der Waals surface area contributed by atoms with Crippen LogP contribution in [0.15, 0.2) is 104 Å². The van der Waals surface area contributed by atoms with E-state index in [0.29, 0.717) is 0 Å². The number of pyridine rings is 2. The molecule has 3 aromatic heterocycles. The molecule has 0 saturated carbocycles. The van der Waals surface area contributed by atoms with Crippen molar-refractivity contribution in [3.8, 4) is 22.5 Å². The molecule has 6 heteroatoms. The molecule has 7 rings (SSSR count). The van der Waals surface area contributed by atoms with Gasteiger partial charge in [-0.2, -0.15) is 0 Å². The summed E-state index contributed by atoms with van der Waals surface area (Å²) in [6.07, 6.45) is 11.6. The molecule has 1 unspecified atom stereocenters. The Morgan fingerprint density at radius 1 is 0.700 bits per heavy atom. The van der Waals surface area contributed by atoms with Crippen LogP contribution in [0, 0.1) is 5.41 Å². The van der Waals surface area contributed by atoms with Crippen LogP contribution in [0.5, 0.6) is 0 Å². The Morgan fingerprint density at radius 2 is 1.30 bits per heavy atom. The SMILES string of the molecule is CCC1(CC)CCc2ccccc2N2c3nc(-c4cccnc4)c(-c4cccnc4)nc3N(c3ccccc3)C21. The molecule has 0 N–H and O–H groups in total. The van der Waals surface area contributed by atoms with E-state index in [1.54, 1.807) is 12.4 Å². The third-order valence-corrected chi connectivity index (χ3v) is 8.81. The van der Waals surface area contributed by atoms with E-state index in [9.17, 15) is 0 Å². The molecule has 0 fully saturated rings. The Hall–Kier alpha value is -4.58. The first kappa shape index (κ1) is 24.5. The Kier molecular flexibility index (Phi) is 6.03. The van der Waals surface area contributed by atoms with E-state index in [2.05, 4.69) is 100 Å². The summed E-state index contributed by atoms with van der Waals surface area (Å²) < 4.78 is 0. The molecule has 0 amide bonds. The lowest BCUT2D eigenvalue weighted by Gasteiger charge is -2.45. The van der Waals surface area contributed by atoms with E-state index >= 15 is 0 Å². The molecule has 40 heavy (non-hydrogen) atoms. The zero-order chi connectivity index (χ0) is 27.1. The second-order valence-electron chi connectivity index (χ2n) is 10.7. The maximum Gasteiger partial charge on any atom is 0.179 e. The fraction of sp³-hybridized carbons (Fsp3) is 0.235. The molecular formula is C34H32N6. The highest BCUT2D eigenvalue weighted by molar-refractivity contribution is 5.90. The van der Waals surface area contributed by atoms with Gasteiger partial charge in [-0.15, -0.1) is 0 Å². The van der Waals surface area contributed by atoms with Crippen molar-refractivity contribution in [2.75, 3.05) is 9.80 Å². The molecule has 2 aliphatic rings. The number of rotatable bonds is 5. The monoisotopic (exact) mass is 524 g/mol. The van der Waals surface area contributed by atoms with Crippen LogP contribution in [0.25, 0.3) is 22.5 Å². The minimum atomic E-state index is 0.0279. The first-order chi connectivity index (χ1) is 19.7.